The van der Waals surface area contributed by atoms with Gasteiger partial charge in [-0.1, -0.05) is 41.5 Å². The molecule has 1 atom stereocenters. The SMILES string of the molecule is CCc1nc(C(OC)C(C)(C)C)sc1CNC(C)C. The van der Waals surface area contributed by atoms with Crippen LogP contribution < -0.4 is 5.32 Å². The Labute approximate surface area is 121 Å². The van der Waals surface area contributed by atoms with Crippen LogP contribution in [0, 0.1) is 5.41 Å². The van der Waals surface area contributed by atoms with Crippen molar-refractivity contribution < 1.29 is 4.74 Å². The van der Waals surface area contributed by atoms with E-state index >= 15 is 0 Å². The Morgan fingerprint density at radius 2 is 1.95 bits per heavy atom. The summed E-state index contributed by atoms with van der Waals surface area (Å²) in [6.07, 6.45) is 1.04. The highest BCUT2D eigenvalue weighted by atomic mass is 32.1. The van der Waals surface area contributed by atoms with Gasteiger partial charge in [-0.15, -0.1) is 11.3 Å². The highest BCUT2D eigenvalue weighted by Gasteiger charge is 2.29. The van der Waals surface area contributed by atoms with E-state index in [0.717, 1.165) is 18.0 Å². The summed E-state index contributed by atoms with van der Waals surface area (Å²) in [7, 11) is 1.77. The van der Waals surface area contributed by atoms with Gasteiger partial charge in [0.15, 0.2) is 0 Å². The fourth-order valence-corrected chi connectivity index (χ4v) is 3.48. The number of hydrogen-bond donors (Lipinski definition) is 1. The molecule has 4 heteroatoms. The van der Waals surface area contributed by atoms with E-state index in [9.17, 15) is 0 Å². The van der Waals surface area contributed by atoms with E-state index in [0.29, 0.717) is 6.04 Å². The van der Waals surface area contributed by atoms with Crippen LogP contribution in [0.2, 0.25) is 0 Å². The summed E-state index contributed by atoms with van der Waals surface area (Å²) in [6, 6.07) is 0.496. The van der Waals surface area contributed by atoms with Crippen molar-refractivity contribution in [3.8, 4) is 0 Å². The highest BCUT2D eigenvalue weighted by molar-refractivity contribution is 7.11. The molecule has 0 aliphatic rings. The van der Waals surface area contributed by atoms with Crippen LogP contribution in [0.25, 0.3) is 0 Å². The molecule has 0 aromatic carbocycles. The Morgan fingerprint density at radius 3 is 2.37 bits per heavy atom. The van der Waals surface area contributed by atoms with Gasteiger partial charge in [-0.3, -0.25) is 0 Å². The summed E-state index contributed by atoms with van der Waals surface area (Å²) in [5, 5.41) is 4.58. The van der Waals surface area contributed by atoms with Crippen molar-refractivity contribution >= 4 is 11.3 Å². The van der Waals surface area contributed by atoms with Crippen LogP contribution in [0.1, 0.15) is 63.2 Å². The van der Waals surface area contributed by atoms with Crippen molar-refractivity contribution in [3.05, 3.63) is 15.6 Å². The molecule has 1 heterocycles. The lowest BCUT2D eigenvalue weighted by molar-refractivity contribution is 0.0150. The van der Waals surface area contributed by atoms with Gasteiger partial charge in [0.25, 0.3) is 0 Å². The Hall–Kier alpha value is -0.450. The largest absolute Gasteiger partial charge is 0.374 e. The number of aromatic nitrogens is 1. The van der Waals surface area contributed by atoms with Crippen LogP contribution in [-0.2, 0) is 17.7 Å². The Balaban J connectivity index is 2.97. The lowest BCUT2D eigenvalue weighted by Gasteiger charge is -2.27. The molecule has 1 unspecified atom stereocenters. The van der Waals surface area contributed by atoms with Crippen molar-refractivity contribution in [1.29, 1.82) is 0 Å². The molecule has 0 aliphatic heterocycles. The van der Waals surface area contributed by atoms with Gasteiger partial charge < -0.3 is 10.1 Å². The molecule has 19 heavy (non-hydrogen) atoms. The minimum absolute atomic E-state index is 0.0654. The highest BCUT2D eigenvalue weighted by Crippen LogP contribution is 2.38. The second-order valence-electron chi connectivity index (χ2n) is 6.29. The molecule has 1 N–H and O–H groups in total. The Bertz CT molecular complexity index is 393. The molecular formula is C15H28N2OS. The molecule has 1 aromatic rings. The van der Waals surface area contributed by atoms with E-state index < -0.39 is 0 Å². The Morgan fingerprint density at radius 1 is 1.32 bits per heavy atom. The topological polar surface area (TPSA) is 34.1 Å². The van der Waals surface area contributed by atoms with Gasteiger partial charge in [0.2, 0.25) is 0 Å². The Kier molecular flexibility index (Phi) is 5.96. The maximum atomic E-state index is 5.67. The van der Waals surface area contributed by atoms with E-state index in [1.807, 2.05) is 0 Å². The van der Waals surface area contributed by atoms with Gasteiger partial charge in [-0.05, 0) is 11.8 Å². The molecule has 110 valence electrons. The zero-order chi connectivity index (χ0) is 14.6. The van der Waals surface area contributed by atoms with Gasteiger partial charge in [0.1, 0.15) is 11.1 Å². The molecule has 0 bridgehead atoms. The number of aryl methyl sites for hydroxylation is 1. The summed E-state index contributed by atoms with van der Waals surface area (Å²) in [6.45, 7) is 14.0. The van der Waals surface area contributed by atoms with E-state index in [1.54, 1.807) is 18.4 Å². The van der Waals surface area contributed by atoms with Crippen LogP contribution in [0.4, 0.5) is 0 Å². The molecule has 0 saturated heterocycles. The van der Waals surface area contributed by atoms with E-state index in [4.69, 9.17) is 9.72 Å². The molecule has 3 nitrogen and oxygen atoms in total. The summed E-state index contributed by atoms with van der Waals surface area (Å²) in [4.78, 5) is 6.14. The molecule has 0 radical (unpaired) electrons. The molecule has 1 rings (SSSR count). The average Bonchev–Trinajstić information content (AvgIpc) is 2.68. The number of thiazole rings is 1. The number of nitrogens with zero attached hydrogens (tertiary/aromatic N) is 1. The first-order valence-electron chi connectivity index (χ1n) is 7.04. The van der Waals surface area contributed by atoms with Crippen LogP contribution in [-0.4, -0.2) is 18.1 Å². The van der Waals surface area contributed by atoms with E-state index in [1.165, 1.54) is 10.6 Å². The number of hydrogen-bond acceptors (Lipinski definition) is 4. The lowest BCUT2D eigenvalue weighted by Crippen LogP contribution is -2.21. The van der Waals surface area contributed by atoms with Gasteiger partial charge in [-0.25, -0.2) is 4.98 Å². The first-order chi connectivity index (χ1) is 8.79. The second-order valence-corrected chi connectivity index (χ2v) is 7.41. The first kappa shape index (κ1) is 16.6. The third-order valence-corrected chi connectivity index (χ3v) is 4.19. The molecule has 0 fully saturated rings. The summed E-state index contributed by atoms with van der Waals surface area (Å²) >= 11 is 1.79. The van der Waals surface area contributed by atoms with Crippen LogP contribution in [0.3, 0.4) is 0 Å². The van der Waals surface area contributed by atoms with Crippen molar-refractivity contribution in [2.75, 3.05) is 7.11 Å². The number of methoxy groups -OCH3 is 1. The average molecular weight is 284 g/mol. The molecule has 0 amide bonds. The summed E-state index contributed by atoms with van der Waals surface area (Å²) < 4.78 is 5.67. The molecule has 0 spiro atoms. The fraction of sp³-hybridized carbons (Fsp3) is 0.800. The third-order valence-electron chi connectivity index (χ3n) is 3.05. The predicted octanol–water partition coefficient (Wildman–Crippen LogP) is 3.94. The van der Waals surface area contributed by atoms with Crippen molar-refractivity contribution in [2.45, 2.75) is 66.7 Å². The van der Waals surface area contributed by atoms with Crippen molar-refractivity contribution in [1.82, 2.24) is 10.3 Å². The van der Waals surface area contributed by atoms with E-state index in [2.05, 4.69) is 46.9 Å². The third kappa shape index (κ3) is 4.55. The van der Waals surface area contributed by atoms with Gasteiger partial charge in [0.05, 0.1) is 5.69 Å². The number of nitrogens with one attached hydrogen (secondary N) is 1. The van der Waals surface area contributed by atoms with Crippen molar-refractivity contribution in [2.24, 2.45) is 5.41 Å². The zero-order valence-corrected chi connectivity index (χ0v) is 14.1. The van der Waals surface area contributed by atoms with Gasteiger partial charge in [-0.2, -0.15) is 0 Å². The monoisotopic (exact) mass is 284 g/mol. The second kappa shape index (κ2) is 6.82. The summed E-state index contributed by atoms with van der Waals surface area (Å²) in [5.74, 6) is 0. The van der Waals surface area contributed by atoms with Crippen LogP contribution in [0.15, 0.2) is 0 Å². The van der Waals surface area contributed by atoms with Crippen molar-refractivity contribution in [3.63, 3.8) is 0 Å². The first-order valence-corrected chi connectivity index (χ1v) is 7.85. The molecular weight excluding hydrogens is 256 g/mol. The van der Waals surface area contributed by atoms with Crippen LogP contribution in [0.5, 0.6) is 0 Å². The van der Waals surface area contributed by atoms with E-state index in [-0.39, 0.29) is 11.5 Å². The zero-order valence-electron chi connectivity index (χ0n) is 13.3. The standard InChI is InChI=1S/C15H28N2OS/c1-8-11-12(9-16-10(2)3)19-14(17-11)13(18-7)15(4,5)6/h10,13,16H,8-9H2,1-7H3. The fourth-order valence-electron chi connectivity index (χ4n) is 2.05. The quantitative estimate of drug-likeness (QED) is 0.859. The number of rotatable bonds is 6. The normalized spacial score (nSPS) is 14.1. The number of ether oxygens (including phenoxy) is 1. The summed E-state index contributed by atoms with van der Waals surface area (Å²) in [5.41, 5.74) is 1.28. The minimum Gasteiger partial charge on any atom is -0.374 e. The maximum absolute atomic E-state index is 5.67. The molecule has 0 saturated carbocycles. The van der Waals surface area contributed by atoms with Gasteiger partial charge in [0, 0.05) is 24.6 Å². The lowest BCUT2D eigenvalue weighted by atomic mass is 9.89. The minimum atomic E-state index is 0.0654. The van der Waals surface area contributed by atoms with Crippen LogP contribution >= 0.6 is 11.3 Å². The molecule has 1 aromatic heterocycles. The maximum Gasteiger partial charge on any atom is 0.123 e. The van der Waals surface area contributed by atoms with Gasteiger partial charge >= 0.3 is 0 Å². The predicted molar refractivity (Wildman–Crippen MR) is 82.7 cm³/mol. The smallest absolute Gasteiger partial charge is 0.123 e. The molecule has 0 aliphatic carbocycles.